The molecule has 0 aliphatic heterocycles. The van der Waals surface area contributed by atoms with Gasteiger partial charge in [-0.05, 0) is 45.8 Å². The van der Waals surface area contributed by atoms with Crippen LogP contribution in [0.5, 0.6) is 0 Å². The highest BCUT2D eigenvalue weighted by Crippen LogP contribution is 2.37. The number of hydrogen-bond acceptors (Lipinski definition) is 4. The molecule has 4 nitrogen and oxygen atoms in total. The third kappa shape index (κ3) is 2.15. The number of hydrogen-bond donors (Lipinski definition) is 1. The molecule has 2 heterocycles. The van der Waals surface area contributed by atoms with E-state index >= 15 is 0 Å². The van der Waals surface area contributed by atoms with Crippen molar-refractivity contribution in [3.63, 3.8) is 0 Å². The molecule has 0 aliphatic rings. The summed E-state index contributed by atoms with van der Waals surface area (Å²) in [5.41, 5.74) is 7.10. The predicted molar refractivity (Wildman–Crippen MR) is 71.7 cm³/mol. The van der Waals surface area contributed by atoms with Crippen molar-refractivity contribution in [1.29, 1.82) is 0 Å². The third-order valence-corrected chi connectivity index (χ3v) is 3.07. The number of aromatic nitrogens is 1. The summed E-state index contributed by atoms with van der Waals surface area (Å²) in [7, 11) is 0. The molecule has 0 amide bonds. The zero-order valence-electron chi connectivity index (χ0n) is 9.56. The lowest BCUT2D eigenvalue weighted by Crippen LogP contribution is -1.88. The van der Waals surface area contributed by atoms with Crippen LogP contribution in [0, 0.1) is 5.82 Å². The molecule has 0 spiro atoms. The van der Waals surface area contributed by atoms with Gasteiger partial charge < -0.3 is 14.7 Å². The average Bonchev–Trinajstić information content (AvgIpc) is 2.97. The van der Waals surface area contributed by atoms with E-state index in [1.54, 1.807) is 24.3 Å². The van der Waals surface area contributed by atoms with Crippen molar-refractivity contribution in [3.05, 3.63) is 46.9 Å². The topological polar surface area (TPSA) is 65.2 Å². The summed E-state index contributed by atoms with van der Waals surface area (Å²) in [6.07, 6.45) is 0. The van der Waals surface area contributed by atoms with Crippen LogP contribution in [-0.2, 0) is 0 Å². The average molecular weight is 323 g/mol. The Bertz CT molecular complexity index is 719. The van der Waals surface area contributed by atoms with Gasteiger partial charge in [-0.25, -0.2) is 4.39 Å². The fraction of sp³-hybridized carbons (Fsp3) is 0. The molecule has 0 bridgehead atoms. The standard InChI is InChI=1S/C13H8BrFN2O2/c14-10-6-5-9(18-10)12-11(13(16)17-19-12)7-1-3-8(15)4-2-7/h1-6H,(H2,16,17). The second-order valence-corrected chi connectivity index (χ2v) is 4.66. The first-order valence-corrected chi connectivity index (χ1v) is 6.21. The Hall–Kier alpha value is -2.08. The van der Waals surface area contributed by atoms with Crippen LogP contribution < -0.4 is 5.73 Å². The minimum atomic E-state index is -0.318. The number of nitrogens with zero attached hydrogens (tertiary/aromatic N) is 1. The van der Waals surface area contributed by atoms with E-state index in [0.29, 0.717) is 27.3 Å². The van der Waals surface area contributed by atoms with Gasteiger partial charge in [0.2, 0.25) is 5.76 Å². The SMILES string of the molecule is Nc1noc(-c2ccc(Br)o2)c1-c1ccc(F)cc1. The number of nitrogen functional groups attached to an aromatic ring is 1. The zero-order valence-corrected chi connectivity index (χ0v) is 11.1. The Morgan fingerprint density at radius 2 is 1.84 bits per heavy atom. The maximum absolute atomic E-state index is 13.0. The molecule has 96 valence electrons. The molecule has 0 saturated carbocycles. The lowest BCUT2D eigenvalue weighted by Gasteiger charge is -2.00. The molecule has 0 atom stereocenters. The minimum absolute atomic E-state index is 0.231. The van der Waals surface area contributed by atoms with Gasteiger partial charge in [-0.1, -0.05) is 17.3 Å². The minimum Gasteiger partial charge on any atom is -0.446 e. The Morgan fingerprint density at radius 3 is 2.47 bits per heavy atom. The lowest BCUT2D eigenvalue weighted by atomic mass is 10.0. The molecular formula is C13H8BrFN2O2. The van der Waals surface area contributed by atoms with Crippen LogP contribution in [0.1, 0.15) is 0 Å². The van der Waals surface area contributed by atoms with Crippen LogP contribution in [0.3, 0.4) is 0 Å². The number of anilines is 1. The Labute approximate surface area is 116 Å². The summed E-state index contributed by atoms with van der Waals surface area (Å²) >= 11 is 3.22. The molecule has 6 heteroatoms. The fourth-order valence-electron chi connectivity index (χ4n) is 1.80. The summed E-state index contributed by atoms with van der Waals surface area (Å²) in [5, 5.41) is 3.73. The second kappa shape index (κ2) is 4.55. The van der Waals surface area contributed by atoms with Gasteiger partial charge in [0, 0.05) is 0 Å². The molecule has 0 aliphatic carbocycles. The van der Waals surface area contributed by atoms with Crippen molar-refractivity contribution < 1.29 is 13.3 Å². The van der Waals surface area contributed by atoms with Crippen LogP contribution in [0.2, 0.25) is 0 Å². The quantitative estimate of drug-likeness (QED) is 0.771. The fourth-order valence-corrected chi connectivity index (χ4v) is 2.11. The highest BCUT2D eigenvalue weighted by Gasteiger charge is 2.20. The first-order valence-electron chi connectivity index (χ1n) is 5.42. The Kier molecular flexibility index (Phi) is 2.87. The van der Waals surface area contributed by atoms with E-state index in [2.05, 4.69) is 21.1 Å². The van der Waals surface area contributed by atoms with Crippen molar-refractivity contribution in [3.8, 4) is 22.6 Å². The molecule has 2 aromatic heterocycles. The number of nitrogens with two attached hydrogens (primary N) is 1. The van der Waals surface area contributed by atoms with Crippen molar-refractivity contribution in [2.45, 2.75) is 0 Å². The van der Waals surface area contributed by atoms with Crippen molar-refractivity contribution in [2.75, 3.05) is 5.73 Å². The van der Waals surface area contributed by atoms with E-state index in [4.69, 9.17) is 14.7 Å². The Balaban J connectivity index is 2.16. The van der Waals surface area contributed by atoms with Crippen LogP contribution >= 0.6 is 15.9 Å². The van der Waals surface area contributed by atoms with E-state index in [9.17, 15) is 4.39 Å². The van der Waals surface area contributed by atoms with Gasteiger partial charge in [-0.15, -0.1) is 0 Å². The van der Waals surface area contributed by atoms with Crippen LogP contribution in [-0.4, -0.2) is 5.16 Å². The van der Waals surface area contributed by atoms with Gasteiger partial charge in [0.1, 0.15) is 5.82 Å². The molecule has 19 heavy (non-hydrogen) atoms. The summed E-state index contributed by atoms with van der Waals surface area (Å²) in [5.74, 6) is 0.820. The molecule has 0 fully saturated rings. The third-order valence-electron chi connectivity index (χ3n) is 2.65. The molecule has 1 aromatic carbocycles. The zero-order chi connectivity index (χ0) is 13.4. The number of halogens is 2. The molecule has 3 rings (SSSR count). The summed E-state index contributed by atoms with van der Waals surface area (Å²) in [6.45, 7) is 0. The summed E-state index contributed by atoms with van der Waals surface area (Å²) < 4.78 is 24.2. The van der Waals surface area contributed by atoms with Gasteiger partial charge in [0.25, 0.3) is 0 Å². The first-order chi connectivity index (χ1) is 9.15. The molecule has 0 unspecified atom stereocenters. The molecular weight excluding hydrogens is 315 g/mol. The van der Waals surface area contributed by atoms with Crippen LogP contribution in [0.4, 0.5) is 10.2 Å². The maximum atomic E-state index is 13.0. The van der Waals surface area contributed by atoms with E-state index in [1.165, 1.54) is 12.1 Å². The normalized spacial score (nSPS) is 10.8. The van der Waals surface area contributed by atoms with Gasteiger partial charge >= 0.3 is 0 Å². The largest absolute Gasteiger partial charge is 0.446 e. The highest BCUT2D eigenvalue weighted by atomic mass is 79.9. The maximum Gasteiger partial charge on any atom is 0.212 e. The van der Waals surface area contributed by atoms with Gasteiger partial charge in [0.15, 0.2) is 16.2 Å². The number of furan rings is 1. The van der Waals surface area contributed by atoms with E-state index in [1.807, 2.05) is 0 Å². The first kappa shape index (κ1) is 12.0. The molecule has 3 aromatic rings. The summed E-state index contributed by atoms with van der Waals surface area (Å²) in [4.78, 5) is 0. The molecule has 2 N–H and O–H groups in total. The van der Waals surface area contributed by atoms with Gasteiger partial charge in [-0.3, -0.25) is 0 Å². The van der Waals surface area contributed by atoms with E-state index in [0.717, 1.165) is 0 Å². The van der Waals surface area contributed by atoms with Gasteiger partial charge in [0.05, 0.1) is 5.56 Å². The molecule has 0 radical (unpaired) electrons. The monoisotopic (exact) mass is 322 g/mol. The van der Waals surface area contributed by atoms with Crippen molar-refractivity contribution >= 4 is 21.7 Å². The predicted octanol–water partition coefficient (Wildman–Crippen LogP) is 4.09. The van der Waals surface area contributed by atoms with Crippen LogP contribution in [0.15, 0.2) is 50.0 Å². The number of rotatable bonds is 2. The van der Waals surface area contributed by atoms with Crippen LogP contribution in [0.25, 0.3) is 22.6 Å². The molecule has 0 saturated heterocycles. The Morgan fingerprint density at radius 1 is 1.11 bits per heavy atom. The highest BCUT2D eigenvalue weighted by molar-refractivity contribution is 9.10. The van der Waals surface area contributed by atoms with E-state index in [-0.39, 0.29) is 11.6 Å². The number of benzene rings is 1. The lowest BCUT2D eigenvalue weighted by molar-refractivity contribution is 0.419. The van der Waals surface area contributed by atoms with Crippen molar-refractivity contribution in [2.24, 2.45) is 0 Å². The second-order valence-electron chi connectivity index (χ2n) is 3.88. The van der Waals surface area contributed by atoms with E-state index < -0.39 is 0 Å². The summed E-state index contributed by atoms with van der Waals surface area (Å²) in [6, 6.07) is 9.40. The van der Waals surface area contributed by atoms with Crippen molar-refractivity contribution in [1.82, 2.24) is 5.16 Å². The van der Waals surface area contributed by atoms with Gasteiger partial charge in [-0.2, -0.15) is 0 Å². The smallest absolute Gasteiger partial charge is 0.212 e.